The largest absolute Gasteiger partial charge is 0.355 e. The Labute approximate surface area is 193 Å². The van der Waals surface area contributed by atoms with Crippen molar-refractivity contribution in [2.45, 2.75) is 29.0 Å². The zero-order chi connectivity index (χ0) is 19.2. The number of aliphatic imine (C=N–C) groups is 1. The van der Waals surface area contributed by atoms with Gasteiger partial charge in [-0.3, -0.25) is 4.99 Å². The maximum Gasteiger partial charge on any atom is 0.191 e. The molecule has 3 aromatic rings. The lowest BCUT2D eigenvalue weighted by atomic mass is 10.2. The van der Waals surface area contributed by atoms with Gasteiger partial charge >= 0.3 is 0 Å². The number of aromatic amines is 1. The molecule has 1 aliphatic rings. The average molecular weight is 519 g/mol. The Kier molecular flexibility index (Phi) is 7.60. The molecule has 0 saturated heterocycles. The first-order chi connectivity index (χ1) is 13.8. The number of hydrogen-bond donors (Lipinski definition) is 3. The highest BCUT2D eigenvalue weighted by atomic mass is 127. The van der Waals surface area contributed by atoms with Gasteiger partial charge in [0.25, 0.3) is 0 Å². The number of H-pyrrole nitrogens is 1. The van der Waals surface area contributed by atoms with Crippen molar-refractivity contribution in [1.82, 2.24) is 20.6 Å². The molecule has 0 unspecified atom stereocenters. The Balaban J connectivity index is 0.00000240. The normalized spacial score (nSPS) is 14.7. The van der Waals surface area contributed by atoms with Gasteiger partial charge < -0.3 is 15.6 Å². The van der Waals surface area contributed by atoms with Gasteiger partial charge in [-0.25, -0.2) is 4.98 Å². The second-order valence-corrected chi connectivity index (χ2v) is 8.53. The number of halogens is 1. The van der Waals surface area contributed by atoms with Gasteiger partial charge in [0, 0.05) is 23.2 Å². The van der Waals surface area contributed by atoms with Gasteiger partial charge in [0.05, 0.1) is 18.4 Å². The fourth-order valence-electron chi connectivity index (χ4n) is 3.04. The van der Waals surface area contributed by atoms with Gasteiger partial charge in [0.2, 0.25) is 0 Å². The molecule has 0 radical (unpaired) electrons. The van der Waals surface area contributed by atoms with Crippen molar-refractivity contribution in [2.24, 2.45) is 4.99 Å². The van der Waals surface area contributed by atoms with Gasteiger partial charge in [-0.1, -0.05) is 48.5 Å². The smallest absolute Gasteiger partial charge is 0.191 e. The molecule has 1 aromatic heterocycles. The van der Waals surface area contributed by atoms with E-state index < -0.39 is 0 Å². The van der Waals surface area contributed by atoms with Crippen molar-refractivity contribution >= 4 is 41.7 Å². The number of thioether (sulfide) groups is 1. The summed E-state index contributed by atoms with van der Waals surface area (Å²) in [5.74, 6) is 1.69. The van der Waals surface area contributed by atoms with Crippen LogP contribution in [0.4, 0.5) is 0 Å². The highest BCUT2D eigenvalue weighted by Crippen LogP contribution is 2.51. The highest BCUT2D eigenvalue weighted by Gasteiger charge is 2.43. The van der Waals surface area contributed by atoms with Gasteiger partial charge in [-0.2, -0.15) is 0 Å². The summed E-state index contributed by atoms with van der Waals surface area (Å²) in [7, 11) is 1.80. The molecule has 0 amide bonds. The van der Waals surface area contributed by atoms with Crippen LogP contribution in [0, 0.1) is 0 Å². The van der Waals surface area contributed by atoms with E-state index in [2.05, 4.69) is 68.1 Å². The van der Waals surface area contributed by atoms with Crippen LogP contribution in [-0.2, 0) is 6.54 Å². The minimum absolute atomic E-state index is 0. The average Bonchev–Trinajstić information content (AvgIpc) is 3.34. The number of aromatic nitrogens is 2. The molecule has 0 atom stereocenters. The van der Waals surface area contributed by atoms with Crippen molar-refractivity contribution in [3.05, 3.63) is 72.7 Å². The minimum atomic E-state index is 0. The standard InChI is InChI=1S/C22H25N5S.HI/c1-23-21(26-16-22(12-13-22)28-18-10-6-3-7-11-18)25-15-20-24-14-19(27-20)17-8-4-2-5-9-17;/h2-11,14H,12-13,15-16H2,1H3,(H,24,27)(H2,23,25,26);1H. The van der Waals surface area contributed by atoms with Gasteiger partial charge in [-0.15, -0.1) is 35.7 Å². The van der Waals surface area contributed by atoms with E-state index in [4.69, 9.17) is 0 Å². The highest BCUT2D eigenvalue weighted by molar-refractivity contribution is 14.0. The van der Waals surface area contributed by atoms with E-state index in [1.165, 1.54) is 17.7 Å². The third kappa shape index (κ3) is 5.99. The molecular weight excluding hydrogens is 493 g/mol. The molecule has 1 aliphatic carbocycles. The summed E-state index contributed by atoms with van der Waals surface area (Å²) in [6.07, 6.45) is 4.34. The lowest BCUT2D eigenvalue weighted by Gasteiger charge is -2.18. The number of benzene rings is 2. The second kappa shape index (κ2) is 10.2. The predicted octanol–water partition coefficient (Wildman–Crippen LogP) is 4.68. The fourth-order valence-corrected chi connectivity index (χ4v) is 4.29. The number of hydrogen-bond acceptors (Lipinski definition) is 3. The van der Waals surface area contributed by atoms with E-state index in [9.17, 15) is 0 Å². The first kappa shape index (κ1) is 21.7. The molecule has 5 nitrogen and oxygen atoms in total. The summed E-state index contributed by atoms with van der Waals surface area (Å²) in [4.78, 5) is 13.5. The van der Waals surface area contributed by atoms with Crippen LogP contribution in [0.25, 0.3) is 11.3 Å². The number of guanidine groups is 1. The van der Waals surface area contributed by atoms with Crippen LogP contribution in [-0.4, -0.2) is 34.3 Å². The van der Waals surface area contributed by atoms with Crippen molar-refractivity contribution in [3.63, 3.8) is 0 Å². The zero-order valence-electron chi connectivity index (χ0n) is 16.4. The van der Waals surface area contributed by atoms with Crippen molar-refractivity contribution in [1.29, 1.82) is 0 Å². The van der Waals surface area contributed by atoms with E-state index >= 15 is 0 Å². The summed E-state index contributed by atoms with van der Waals surface area (Å²) in [6, 6.07) is 20.8. The monoisotopic (exact) mass is 519 g/mol. The number of rotatable bonds is 7. The summed E-state index contributed by atoms with van der Waals surface area (Å²) >= 11 is 1.96. The van der Waals surface area contributed by atoms with Crippen molar-refractivity contribution < 1.29 is 0 Å². The number of nitrogens with one attached hydrogen (secondary N) is 3. The molecule has 1 fully saturated rings. The van der Waals surface area contributed by atoms with Crippen molar-refractivity contribution in [3.8, 4) is 11.3 Å². The summed E-state index contributed by atoms with van der Waals surface area (Å²) in [5.41, 5.74) is 2.16. The van der Waals surface area contributed by atoms with Crippen LogP contribution >= 0.6 is 35.7 Å². The Morgan fingerprint density at radius 1 is 1.07 bits per heavy atom. The van der Waals surface area contributed by atoms with Crippen LogP contribution in [0.15, 0.2) is 76.7 Å². The fraction of sp³-hybridized carbons (Fsp3) is 0.273. The first-order valence-electron chi connectivity index (χ1n) is 9.54. The molecule has 1 heterocycles. The summed E-state index contributed by atoms with van der Waals surface area (Å²) < 4.78 is 0.282. The Morgan fingerprint density at radius 3 is 2.41 bits per heavy atom. The molecule has 3 N–H and O–H groups in total. The molecule has 152 valence electrons. The topological polar surface area (TPSA) is 65.1 Å². The quantitative estimate of drug-likeness (QED) is 0.241. The summed E-state index contributed by atoms with van der Waals surface area (Å²) in [6.45, 7) is 1.50. The molecule has 7 heteroatoms. The number of nitrogens with zero attached hydrogens (tertiary/aromatic N) is 2. The summed E-state index contributed by atoms with van der Waals surface area (Å²) in [5, 5.41) is 6.83. The van der Waals surface area contributed by atoms with Crippen LogP contribution in [0.5, 0.6) is 0 Å². The third-order valence-electron chi connectivity index (χ3n) is 4.82. The zero-order valence-corrected chi connectivity index (χ0v) is 19.5. The van der Waals surface area contributed by atoms with E-state index in [1.807, 2.05) is 36.2 Å². The Hall–Kier alpha value is -2.00. The van der Waals surface area contributed by atoms with Gasteiger partial charge in [0.1, 0.15) is 5.82 Å². The molecular formula is C22H26IN5S. The van der Waals surface area contributed by atoms with E-state index in [1.54, 1.807) is 7.05 Å². The van der Waals surface area contributed by atoms with E-state index in [-0.39, 0.29) is 28.7 Å². The third-order valence-corrected chi connectivity index (χ3v) is 6.32. The molecule has 1 saturated carbocycles. The van der Waals surface area contributed by atoms with Gasteiger partial charge in [0.15, 0.2) is 5.96 Å². The first-order valence-corrected chi connectivity index (χ1v) is 10.4. The molecule has 0 bridgehead atoms. The molecule has 0 aliphatic heterocycles. The van der Waals surface area contributed by atoms with Crippen molar-refractivity contribution in [2.75, 3.05) is 13.6 Å². The van der Waals surface area contributed by atoms with Crippen LogP contribution in [0.2, 0.25) is 0 Å². The minimum Gasteiger partial charge on any atom is -0.355 e. The lowest BCUT2D eigenvalue weighted by Crippen LogP contribution is -2.40. The maximum atomic E-state index is 4.47. The lowest BCUT2D eigenvalue weighted by molar-refractivity contribution is 0.753. The molecule has 4 rings (SSSR count). The Morgan fingerprint density at radius 2 is 1.76 bits per heavy atom. The second-order valence-electron chi connectivity index (χ2n) is 6.99. The molecule has 0 spiro atoms. The predicted molar refractivity (Wildman–Crippen MR) is 132 cm³/mol. The Bertz CT molecular complexity index is 923. The van der Waals surface area contributed by atoms with Gasteiger partial charge in [-0.05, 0) is 30.5 Å². The number of imidazole rings is 1. The van der Waals surface area contributed by atoms with E-state index in [0.717, 1.165) is 29.6 Å². The SMILES string of the molecule is CN=C(NCc1ncc(-c2ccccc2)[nH]1)NCC1(Sc2ccccc2)CC1.I. The molecule has 29 heavy (non-hydrogen) atoms. The van der Waals surface area contributed by atoms with Crippen LogP contribution < -0.4 is 10.6 Å². The maximum absolute atomic E-state index is 4.47. The van der Waals surface area contributed by atoms with E-state index in [0.29, 0.717) is 6.54 Å². The van der Waals surface area contributed by atoms with Crippen LogP contribution in [0.1, 0.15) is 18.7 Å². The van der Waals surface area contributed by atoms with Crippen LogP contribution in [0.3, 0.4) is 0 Å². The molecule has 2 aromatic carbocycles.